The molecule has 1 saturated heterocycles. The fourth-order valence-corrected chi connectivity index (χ4v) is 6.63. The lowest BCUT2D eigenvalue weighted by Crippen LogP contribution is -2.28. The zero-order chi connectivity index (χ0) is 26.6. The van der Waals surface area contributed by atoms with Gasteiger partial charge in [0.2, 0.25) is 0 Å². The van der Waals surface area contributed by atoms with E-state index in [1.165, 1.54) is 31.6 Å². The second kappa shape index (κ2) is 9.56. The van der Waals surface area contributed by atoms with Crippen LogP contribution in [0.4, 0.5) is 13.9 Å². The van der Waals surface area contributed by atoms with E-state index in [1.807, 2.05) is 0 Å². The number of benzene rings is 2. The van der Waals surface area contributed by atoms with Gasteiger partial charge in [-0.1, -0.05) is 40.6 Å². The molecule has 13 heteroatoms. The Morgan fingerprint density at radius 2 is 1.86 bits per heavy atom. The predicted molar refractivity (Wildman–Crippen MR) is 138 cm³/mol. The molecule has 0 spiro atoms. The second-order valence-electron chi connectivity index (χ2n) is 7.70. The number of ketones is 1. The van der Waals surface area contributed by atoms with Crippen molar-refractivity contribution >= 4 is 78.7 Å². The van der Waals surface area contributed by atoms with E-state index in [0.29, 0.717) is 10.9 Å². The van der Waals surface area contributed by atoms with Gasteiger partial charge in [0.1, 0.15) is 28.2 Å². The van der Waals surface area contributed by atoms with Gasteiger partial charge in [-0.05, 0) is 23.6 Å². The van der Waals surface area contributed by atoms with Crippen molar-refractivity contribution in [2.75, 3.05) is 19.1 Å². The minimum absolute atomic E-state index is 0.0282. The fourth-order valence-electron chi connectivity index (χ4n) is 4.09. The van der Waals surface area contributed by atoms with Gasteiger partial charge in [0.25, 0.3) is 5.78 Å². The number of ether oxygens (including phenoxy) is 2. The number of fused-ring (bicyclic) bond motifs is 1. The van der Waals surface area contributed by atoms with Crippen molar-refractivity contribution in [2.45, 2.75) is 6.04 Å². The fraction of sp³-hybridized carbons (Fsp3) is 0.125. The quantitative estimate of drug-likeness (QED) is 0.162. The van der Waals surface area contributed by atoms with Gasteiger partial charge in [-0.2, -0.15) is 0 Å². The molecule has 1 N–H and O–H groups in total. The number of Topliss-reactive ketones (excluding diaryl/α,β-unsaturated/α-hetero) is 1. The first kappa shape index (κ1) is 25.4. The van der Waals surface area contributed by atoms with Crippen molar-refractivity contribution < 1.29 is 33.0 Å². The average Bonchev–Trinajstić information content (AvgIpc) is 3.58. The van der Waals surface area contributed by atoms with Crippen molar-refractivity contribution in [3.63, 3.8) is 0 Å². The van der Waals surface area contributed by atoms with E-state index >= 15 is 0 Å². The number of thiazole rings is 1. The van der Waals surface area contributed by atoms with Crippen LogP contribution in [0.5, 0.6) is 11.5 Å². The Labute approximate surface area is 226 Å². The van der Waals surface area contributed by atoms with Crippen molar-refractivity contribution in [1.82, 2.24) is 4.98 Å². The third-order valence-electron chi connectivity index (χ3n) is 5.66. The molecule has 1 aliphatic rings. The highest BCUT2D eigenvalue weighted by Gasteiger charge is 2.49. The van der Waals surface area contributed by atoms with Crippen LogP contribution in [0.1, 0.15) is 16.5 Å². The molecule has 3 heterocycles. The summed E-state index contributed by atoms with van der Waals surface area (Å²) in [6.07, 6.45) is 0. The number of hydrogen-bond acceptors (Lipinski definition) is 8. The molecule has 1 amide bonds. The SMILES string of the molecule is COc1c(Cl)cc(/C(O)=C2\C(=O)C(=O)N(c3nc4c(F)cc(F)cc4s3)C2c2cccs2)c(OC)c1Cl. The van der Waals surface area contributed by atoms with Gasteiger partial charge in [0, 0.05) is 10.9 Å². The van der Waals surface area contributed by atoms with E-state index in [2.05, 4.69) is 4.98 Å². The molecule has 5 rings (SSSR count). The molecule has 2 aromatic carbocycles. The highest BCUT2D eigenvalue weighted by Crippen LogP contribution is 2.49. The van der Waals surface area contributed by atoms with Gasteiger partial charge in [0.15, 0.2) is 22.4 Å². The number of hydrogen-bond donors (Lipinski definition) is 1. The molecule has 1 fully saturated rings. The Bertz CT molecular complexity index is 1620. The first-order valence-corrected chi connectivity index (χ1v) is 12.8. The summed E-state index contributed by atoms with van der Waals surface area (Å²) in [5.41, 5.74) is -0.479. The van der Waals surface area contributed by atoms with E-state index in [4.69, 9.17) is 32.7 Å². The average molecular weight is 583 g/mol. The smallest absolute Gasteiger partial charge is 0.301 e. The Morgan fingerprint density at radius 3 is 2.51 bits per heavy atom. The molecule has 4 aromatic rings. The van der Waals surface area contributed by atoms with Gasteiger partial charge >= 0.3 is 5.91 Å². The van der Waals surface area contributed by atoms with Gasteiger partial charge in [-0.15, -0.1) is 11.3 Å². The third kappa shape index (κ3) is 4.02. The van der Waals surface area contributed by atoms with Crippen LogP contribution in [-0.2, 0) is 9.59 Å². The monoisotopic (exact) mass is 582 g/mol. The lowest BCUT2D eigenvalue weighted by Gasteiger charge is -2.22. The maximum atomic E-state index is 14.4. The summed E-state index contributed by atoms with van der Waals surface area (Å²) in [6, 6.07) is 5.31. The molecule has 37 heavy (non-hydrogen) atoms. The van der Waals surface area contributed by atoms with Crippen LogP contribution in [0.3, 0.4) is 0 Å². The molecule has 1 aliphatic heterocycles. The summed E-state index contributed by atoms with van der Waals surface area (Å²) < 4.78 is 38.9. The Balaban J connectivity index is 1.76. The topological polar surface area (TPSA) is 89.0 Å². The summed E-state index contributed by atoms with van der Waals surface area (Å²) >= 11 is 14.7. The minimum Gasteiger partial charge on any atom is -0.507 e. The van der Waals surface area contributed by atoms with E-state index in [9.17, 15) is 23.5 Å². The maximum absolute atomic E-state index is 14.4. The van der Waals surface area contributed by atoms with Crippen molar-refractivity contribution in [3.05, 3.63) is 73.4 Å². The Morgan fingerprint density at radius 1 is 1.14 bits per heavy atom. The molecular weight excluding hydrogens is 569 g/mol. The van der Waals surface area contributed by atoms with Gasteiger partial charge in [0.05, 0.1) is 35.1 Å². The number of thiophene rings is 1. The number of anilines is 1. The first-order chi connectivity index (χ1) is 17.7. The molecule has 7 nitrogen and oxygen atoms in total. The number of aliphatic hydroxyl groups excluding tert-OH is 1. The molecule has 0 bridgehead atoms. The minimum atomic E-state index is -1.13. The molecular formula is C24H14Cl2F2N2O5S2. The summed E-state index contributed by atoms with van der Waals surface area (Å²) in [5.74, 6) is -4.28. The lowest BCUT2D eigenvalue weighted by molar-refractivity contribution is -0.132. The number of methoxy groups -OCH3 is 2. The van der Waals surface area contributed by atoms with Crippen molar-refractivity contribution in [3.8, 4) is 11.5 Å². The van der Waals surface area contributed by atoms with Crippen LogP contribution in [0, 0.1) is 11.6 Å². The van der Waals surface area contributed by atoms with Gasteiger partial charge in [-0.3, -0.25) is 14.5 Å². The van der Waals surface area contributed by atoms with E-state index in [1.54, 1.807) is 17.5 Å². The zero-order valence-electron chi connectivity index (χ0n) is 18.8. The van der Waals surface area contributed by atoms with Gasteiger partial charge in [-0.25, -0.2) is 13.8 Å². The van der Waals surface area contributed by atoms with E-state index in [-0.39, 0.29) is 48.0 Å². The molecule has 2 aromatic heterocycles. The Hall–Kier alpha value is -3.25. The summed E-state index contributed by atoms with van der Waals surface area (Å²) in [4.78, 5) is 32.4. The number of aromatic nitrogens is 1. The third-order valence-corrected chi connectivity index (χ3v) is 8.21. The van der Waals surface area contributed by atoms with Crippen molar-refractivity contribution in [1.29, 1.82) is 0 Å². The molecule has 1 unspecified atom stereocenters. The summed E-state index contributed by atoms with van der Waals surface area (Å²) in [6.45, 7) is 0. The van der Waals surface area contributed by atoms with Crippen LogP contribution in [0.2, 0.25) is 10.0 Å². The lowest BCUT2D eigenvalue weighted by atomic mass is 9.99. The van der Waals surface area contributed by atoms with Gasteiger partial charge < -0.3 is 14.6 Å². The summed E-state index contributed by atoms with van der Waals surface area (Å²) in [7, 11) is 2.65. The number of rotatable bonds is 5. The Kier molecular flexibility index (Phi) is 6.57. The van der Waals surface area contributed by atoms with E-state index in [0.717, 1.165) is 22.3 Å². The molecule has 190 valence electrons. The standard InChI is InChI=1S/C24H14Cl2F2N2O5S2/c1-34-21-10(8-11(25)22(35-2)16(21)26)19(31)15-18(13-4-3-5-36-13)30(23(33)20(15)32)24-29-17-12(28)6-9(27)7-14(17)37-24/h3-8,18,31H,1-2H3/b19-15+. The highest BCUT2D eigenvalue weighted by molar-refractivity contribution is 7.22. The van der Waals surface area contributed by atoms with Crippen LogP contribution in [0.15, 0.2) is 41.3 Å². The van der Waals surface area contributed by atoms with E-state index < -0.39 is 35.1 Å². The van der Waals surface area contributed by atoms with Crippen LogP contribution in [-0.4, -0.2) is 36.0 Å². The normalized spacial score (nSPS) is 17.1. The predicted octanol–water partition coefficient (Wildman–Crippen LogP) is 6.59. The number of nitrogens with zero attached hydrogens (tertiary/aromatic N) is 2. The molecule has 0 saturated carbocycles. The highest BCUT2D eigenvalue weighted by atomic mass is 35.5. The zero-order valence-corrected chi connectivity index (χ0v) is 22.0. The first-order valence-electron chi connectivity index (χ1n) is 10.4. The number of carbonyl (C=O) groups excluding carboxylic acids is 2. The molecule has 0 aliphatic carbocycles. The molecule has 0 radical (unpaired) electrons. The van der Waals surface area contributed by atoms with Crippen LogP contribution < -0.4 is 14.4 Å². The second-order valence-corrected chi connectivity index (χ2v) is 10.5. The number of carbonyl (C=O) groups is 2. The van der Waals surface area contributed by atoms with Crippen molar-refractivity contribution in [2.24, 2.45) is 0 Å². The largest absolute Gasteiger partial charge is 0.507 e. The van der Waals surface area contributed by atoms with Crippen LogP contribution in [0.25, 0.3) is 16.0 Å². The number of halogens is 4. The molecule has 1 atom stereocenters. The maximum Gasteiger partial charge on any atom is 0.301 e. The number of aliphatic hydroxyl groups is 1. The summed E-state index contributed by atoms with van der Waals surface area (Å²) in [5, 5.41) is 13.1. The number of amides is 1. The van der Waals surface area contributed by atoms with Crippen LogP contribution >= 0.6 is 45.9 Å².